The van der Waals surface area contributed by atoms with Gasteiger partial charge in [-0.25, -0.2) is 9.97 Å². The largest absolute Gasteiger partial charge is 0.328 e. The number of carbonyl (C=O) groups is 1. The Morgan fingerprint density at radius 3 is 3.13 bits per heavy atom. The molecule has 3 aromatic rings. The molecule has 0 amide bonds. The molecule has 0 radical (unpaired) electrons. The van der Waals surface area contributed by atoms with E-state index >= 15 is 0 Å². The molecule has 1 aromatic carbocycles. The molecule has 116 valence electrons. The topological polar surface area (TPSA) is 83.9 Å². The van der Waals surface area contributed by atoms with Crippen LogP contribution in [0.15, 0.2) is 35.8 Å². The summed E-state index contributed by atoms with van der Waals surface area (Å²) in [5.41, 5.74) is 1.27. The molecule has 1 fully saturated rings. The molecule has 0 aliphatic carbocycles. The maximum absolute atomic E-state index is 12.7. The van der Waals surface area contributed by atoms with Gasteiger partial charge < -0.3 is 10.2 Å². The number of carbonyl (C=O) groups excluding carboxylic acids is 1. The molecule has 0 spiro atoms. The van der Waals surface area contributed by atoms with Crippen molar-refractivity contribution in [3.8, 4) is 0 Å². The second-order valence-corrected chi connectivity index (χ2v) is 5.91. The highest BCUT2D eigenvalue weighted by Crippen LogP contribution is 2.19. The minimum atomic E-state index is -0.367. The monoisotopic (exact) mass is 326 g/mol. The number of nitrogens with one attached hydrogen (secondary N) is 1. The van der Waals surface area contributed by atoms with Crippen LogP contribution in [0.2, 0.25) is 0 Å². The third-order valence-corrected chi connectivity index (χ3v) is 4.40. The molecule has 1 saturated heterocycles. The molecule has 7 nitrogen and oxygen atoms in total. The molecule has 2 aromatic heterocycles. The summed E-state index contributed by atoms with van der Waals surface area (Å²) in [5.74, 6) is 0.523. The number of hydrogen-bond donors (Lipinski definition) is 1. The molecule has 3 heterocycles. The van der Waals surface area contributed by atoms with Crippen molar-refractivity contribution in [2.24, 2.45) is 0 Å². The van der Waals surface area contributed by atoms with E-state index in [4.69, 9.17) is 0 Å². The molecule has 8 heteroatoms. The van der Waals surface area contributed by atoms with Crippen LogP contribution in [0.1, 0.15) is 10.5 Å². The average molecular weight is 326 g/mol. The number of rotatable bonds is 3. The zero-order valence-corrected chi connectivity index (χ0v) is 13.0. The van der Waals surface area contributed by atoms with Crippen molar-refractivity contribution in [3.63, 3.8) is 0 Å². The quantitative estimate of drug-likeness (QED) is 0.723. The van der Waals surface area contributed by atoms with Gasteiger partial charge in [-0.1, -0.05) is 22.7 Å². The lowest BCUT2D eigenvalue weighted by Crippen LogP contribution is -2.55. The molecule has 1 unspecified atom stereocenters. The van der Waals surface area contributed by atoms with E-state index < -0.39 is 0 Å². The first-order valence-corrected chi connectivity index (χ1v) is 8.17. The van der Waals surface area contributed by atoms with Gasteiger partial charge in [0.05, 0.1) is 5.52 Å². The first-order chi connectivity index (χ1) is 11.3. The minimum absolute atomic E-state index is 0.0530. The van der Waals surface area contributed by atoms with E-state index in [9.17, 15) is 4.79 Å². The fourth-order valence-corrected chi connectivity index (χ4v) is 3.17. The Morgan fingerprint density at radius 1 is 1.35 bits per heavy atom. The Balaban J connectivity index is 1.70. The normalized spacial score (nSPS) is 18.3. The first kappa shape index (κ1) is 14.2. The van der Waals surface area contributed by atoms with Crippen molar-refractivity contribution in [2.45, 2.75) is 6.04 Å². The van der Waals surface area contributed by atoms with Crippen molar-refractivity contribution in [1.29, 1.82) is 0 Å². The summed E-state index contributed by atoms with van der Waals surface area (Å²) in [6.45, 7) is 2.01. The molecule has 1 aliphatic heterocycles. The zero-order chi connectivity index (χ0) is 15.6. The van der Waals surface area contributed by atoms with Crippen LogP contribution >= 0.6 is 11.5 Å². The molecule has 23 heavy (non-hydrogen) atoms. The molecule has 1 atom stereocenters. The van der Waals surface area contributed by atoms with Crippen LogP contribution in [0.4, 0.5) is 5.95 Å². The molecule has 4 rings (SSSR count). The molecular formula is C15H14N6OS. The Bertz CT molecular complexity index is 837. The Morgan fingerprint density at radius 2 is 2.26 bits per heavy atom. The summed E-state index contributed by atoms with van der Waals surface area (Å²) < 4.78 is 3.78. The molecular weight excluding hydrogens is 312 g/mol. The maximum Gasteiger partial charge on any atom is 0.226 e. The maximum atomic E-state index is 12.7. The van der Waals surface area contributed by atoms with Gasteiger partial charge in [-0.15, -0.1) is 5.10 Å². The second-order valence-electron chi connectivity index (χ2n) is 5.30. The van der Waals surface area contributed by atoms with Crippen LogP contribution in [-0.4, -0.2) is 51.0 Å². The van der Waals surface area contributed by atoms with Gasteiger partial charge >= 0.3 is 0 Å². The van der Waals surface area contributed by atoms with Crippen LogP contribution in [0.5, 0.6) is 0 Å². The van der Waals surface area contributed by atoms with Crippen molar-refractivity contribution >= 4 is 34.2 Å². The fraction of sp³-hybridized carbons (Fsp3) is 0.267. The molecule has 0 saturated carbocycles. The molecule has 1 aliphatic rings. The smallest absolute Gasteiger partial charge is 0.226 e. The summed E-state index contributed by atoms with van der Waals surface area (Å²) in [4.78, 5) is 23.7. The van der Waals surface area contributed by atoms with Gasteiger partial charge in [-0.3, -0.25) is 4.79 Å². The first-order valence-electron chi connectivity index (χ1n) is 7.33. The van der Waals surface area contributed by atoms with Crippen LogP contribution in [0.25, 0.3) is 10.9 Å². The number of anilines is 1. The summed E-state index contributed by atoms with van der Waals surface area (Å²) in [6, 6.07) is 7.46. The van der Waals surface area contributed by atoms with E-state index in [0.29, 0.717) is 24.7 Å². The number of fused-ring (bicyclic) bond motifs is 1. The number of aromatic nitrogens is 4. The van der Waals surface area contributed by atoms with Crippen molar-refractivity contribution < 1.29 is 4.79 Å². The highest BCUT2D eigenvalue weighted by atomic mass is 32.1. The summed E-state index contributed by atoms with van der Waals surface area (Å²) >= 11 is 1.18. The van der Waals surface area contributed by atoms with Crippen molar-refractivity contribution in [2.75, 3.05) is 24.5 Å². The predicted molar refractivity (Wildman–Crippen MR) is 87.8 cm³/mol. The van der Waals surface area contributed by atoms with Gasteiger partial charge in [-0.2, -0.15) is 0 Å². The Kier molecular flexibility index (Phi) is 3.68. The molecule has 1 N–H and O–H groups in total. The van der Waals surface area contributed by atoms with Crippen LogP contribution < -0.4 is 10.2 Å². The average Bonchev–Trinajstić information content (AvgIpc) is 3.15. The lowest BCUT2D eigenvalue weighted by Gasteiger charge is -2.34. The van der Waals surface area contributed by atoms with Gasteiger partial charge in [0, 0.05) is 36.6 Å². The highest BCUT2D eigenvalue weighted by molar-refractivity contribution is 7.03. The highest BCUT2D eigenvalue weighted by Gasteiger charge is 2.32. The van der Waals surface area contributed by atoms with Crippen molar-refractivity contribution in [3.05, 3.63) is 41.5 Å². The number of benzene rings is 1. The van der Waals surface area contributed by atoms with E-state index in [2.05, 4.69) is 24.9 Å². The lowest BCUT2D eigenvalue weighted by molar-refractivity contribution is 0.0945. The lowest BCUT2D eigenvalue weighted by atomic mass is 10.1. The van der Waals surface area contributed by atoms with Crippen LogP contribution in [0, 0.1) is 0 Å². The van der Waals surface area contributed by atoms with Gasteiger partial charge in [0.25, 0.3) is 0 Å². The van der Waals surface area contributed by atoms with E-state index in [1.807, 2.05) is 29.2 Å². The fourth-order valence-electron chi connectivity index (χ4n) is 2.72. The predicted octanol–water partition coefficient (Wildman–Crippen LogP) is 1.14. The molecule has 0 bridgehead atoms. The Hall–Kier alpha value is -2.45. The number of hydrogen-bond acceptors (Lipinski definition) is 8. The Labute approximate surface area is 136 Å². The number of ketones is 1. The van der Waals surface area contributed by atoms with E-state index in [-0.39, 0.29) is 11.8 Å². The number of Topliss-reactive ketones (excluding diaryl/α,β-unsaturated/α-hetero) is 1. The third-order valence-electron chi connectivity index (χ3n) is 3.89. The summed E-state index contributed by atoms with van der Waals surface area (Å²) in [7, 11) is 0. The third kappa shape index (κ3) is 2.66. The summed E-state index contributed by atoms with van der Waals surface area (Å²) in [5, 5.41) is 9.81. The van der Waals surface area contributed by atoms with Gasteiger partial charge in [0.2, 0.25) is 11.7 Å². The zero-order valence-electron chi connectivity index (χ0n) is 12.2. The van der Waals surface area contributed by atoms with Crippen LogP contribution in [0.3, 0.4) is 0 Å². The van der Waals surface area contributed by atoms with Gasteiger partial charge in [-0.05, 0) is 17.6 Å². The van der Waals surface area contributed by atoms with E-state index in [1.165, 1.54) is 11.5 Å². The van der Waals surface area contributed by atoms with Gasteiger partial charge in [0.15, 0.2) is 0 Å². The van der Waals surface area contributed by atoms with Crippen LogP contribution in [-0.2, 0) is 0 Å². The van der Waals surface area contributed by atoms with E-state index in [1.54, 1.807) is 11.6 Å². The second kappa shape index (κ2) is 5.98. The number of para-hydroxylation sites is 1. The minimum Gasteiger partial charge on any atom is -0.328 e. The number of piperazine rings is 1. The van der Waals surface area contributed by atoms with E-state index in [0.717, 1.165) is 17.4 Å². The van der Waals surface area contributed by atoms with Crippen molar-refractivity contribution in [1.82, 2.24) is 24.9 Å². The standard InChI is InChI=1S/C15H14N6OS/c22-14(12-9-23-20-19-12)13-8-16-5-6-21(13)15-17-7-10-3-1-2-4-11(10)18-15/h1-4,7,9,13,16H,5-6,8H2. The van der Waals surface area contributed by atoms with Gasteiger partial charge in [0.1, 0.15) is 11.7 Å². The number of nitrogens with zero attached hydrogens (tertiary/aromatic N) is 5. The SMILES string of the molecule is O=C(c1csnn1)C1CNCCN1c1ncc2ccccc2n1. The summed E-state index contributed by atoms with van der Waals surface area (Å²) in [6.07, 6.45) is 1.80.